The molecule has 1 atom stereocenters. The van der Waals surface area contributed by atoms with Crippen molar-refractivity contribution in [3.8, 4) is 0 Å². The summed E-state index contributed by atoms with van der Waals surface area (Å²) in [7, 11) is -4.45. The van der Waals surface area contributed by atoms with Crippen LogP contribution < -0.4 is 4.31 Å². The SMILES string of the molecule is CCCC(=O)OC1CN=C(c2cc3cccc(N(C(F)F)S(=O)(=O)c4cccs4)c3[nH]2)S1. The Labute approximate surface area is 191 Å². The third-order valence-electron chi connectivity index (χ3n) is 4.63. The summed E-state index contributed by atoms with van der Waals surface area (Å²) in [4.78, 5) is 19.1. The Bertz CT molecular complexity index is 1260. The molecule has 1 N–H and O–H groups in total. The van der Waals surface area contributed by atoms with E-state index in [1.54, 1.807) is 12.1 Å². The molecule has 0 saturated heterocycles. The molecule has 2 aromatic heterocycles. The monoisotopic (exact) mass is 499 g/mol. The predicted molar refractivity (Wildman–Crippen MR) is 122 cm³/mol. The number of aromatic amines is 1. The number of ether oxygens (including phenoxy) is 1. The molecular weight excluding hydrogens is 480 g/mol. The number of aromatic nitrogens is 1. The number of anilines is 1. The number of fused-ring (bicyclic) bond motifs is 1. The third-order valence-corrected chi connectivity index (χ3v) is 8.81. The highest BCUT2D eigenvalue weighted by molar-refractivity contribution is 8.15. The summed E-state index contributed by atoms with van der Waals surface area (Å²) < 4.78 is 59.1. The molecule has 0 spiro atoms. The van der Waals surface area contributed by atoms with Crippen LogP contribution in [-0.4, -0.2) is 42.9 Å². The second kappa shape index (κ2) is 9.20. The van der Waals surface area contributed by atoms with Gasteiger partial charge in [-0.3, -0.25) is 9.79 Å². The van der Waals surface area contributed by atoms with E-state index in [0.29, 0.717) is 29.0 Å². The maximum Gasteiger partial charge on any atom is 0.328 e. The molecule has 1 unspecified atom stereocenters. The average molecular weight is 500 g/mol. The maximum atomic E-state index is 14.0. The Balaban J connectivity index is 1.66. The van der Waals surface area contributed by atoms with Crippen LogP contribution in [0.15, 0.2) is 51.0 Å². The molecule has 0 amide bonds. The van der Waals surface area contributed by atoms with Gasteiger partial charge in [0.2, 0.25) is 0 Å². The van der Waals surface area contributed by atoms with Crippen molar-refractivity contribution in [3.63, 3.8) is 0 Å². The smallest absolute Gasteiger partial charge is 0.328 e. The number of benzene rings is 1. The van der Waals surface area contributed by atoms with Gasteiger partial charge in [-0.1, -0.05) is 36.9 Å². The highest BCUT2D eigenvalue weighted by Gasteiger charge is 2.34. The second-order valence-corrected chi connectivity index (χ2v) is 11.0. The van der Waals surface area contributed by atoms with E-state index >= 15 is 0 Å². The van der Waals surface area contributed by atoms with Gasteiger partial charge in [-0.05, 0) is 30.0 Å². The number of aliphatic imine (C=N–C) groups is 1. The van der Waals surface area contributed by atoms with Gasteiger partial charge in [-0.2, -0.15) is 8.78 Å². The summed E-state index contributed by atoms with van der Waals surface area (Å²) in [5.41, 5.74) is 0.172. The first-order chi connectivity index (χ1) is 15.3. The van der Waals surface area contributed by atoms with E-state index in [9.17, 15) is 22.0 Å². The number of thiophene rings is 1. The number of carbonyl (C=O) groups is 1. The van der Waals surface area contributed by atoms with Crippen molar-refractivity contribution in [2.75, 3.05) is 10.8 Å². The van der Waals surface area contributed by atoms with Gasteiger partial charge in [-0.15, -0.1) is 11.3 Å². The van der Waals surface area contributed by atoms with E-state index < -0.39 is 22.0 Å². The number of rotatable bonds is 8. The molecule has 4 rings (SSSR count). The Hall–Kier alpha value is -2.44. The lowest BCUT2D eigenvalue weighted by molar-refractivity contribution is -0.144. The molecular formula is C20H19F2N3O4S3. The molecule has 3 aromatic rings. The number of sulfonamides is 1. The van der Waals surface area contributed by atoms with Crippen molar-refractivity contribution in [2.45, 2.75) is 36.0 Å². The summed E-state index contributed by atoms with van der Waals surface area (Å²) in [5, 5.41) is 2.63. The molecule has 7 nitrogen and oxygen atoms in total. The Morgan fingerprint density at radius 1 is 1.34 bits per heavy atom. The number of carbonyl (C=O) groups excluding carboxylic acids is 1. The zero-order chi connectivity index (χ0) is 22.9. The Kier molecular flexibility index (Phi) is 6.54. The number of H-pyrrole nitrogens is 1. The number of hydrogen-bond acceptors (Lipinski definition) is 7. The van der Waals surface area contributed by atoms with Crippen molar-refractivity contribution in [3.05, 3.63) is 47.5 Å². The topological polar surface area (TPSA) is 91.8 Å². The summed E-state index contributed by atoms with van der Waals surface area (Å²) in [6, 6.07) is 9.04. The normalized spacial score (nSPS) is 16.5. The van der Waals surface area contributed by atoms with Crippen LogP contribution in [0.1, 0.15) is 25.5 Å². The van der Waals surface area contributed by atoms with Gasteiger partial charge in [0.05, 0.1) is 23.4 Å². The van der Waals surface area contributed by atoms with E-state index in [-0.39, 0.29) is 32.2 Å². The van der Waals surface area contributed by atoms with Gasteiger partial charge < -0.3 is 9.72 Å². The fourth-order valence-electron chi connectivity index (χ4n) is 3.26. The number of halogens is 2. The summed E-state index contributed by atoms with van der Waals surface area (Å²) in [6.07, 6.45) is 1.01. The number of nitrogens with one attached hydrogen (secondary N) is 1. The van der Waals surface area contributed by atoms with E-state index in [1.165, 1.54) is 41.4 Å². The van der Waals surface area contributed by atoms with Crippen molar-refractivity contribution in [1.29, 1.82) is 0 Å². The van der Waals surface area contributed by atoms with Gasteiger partial charge >= 0.3 is 12.5 Å². The van der Waals surface area contributed by atoms with Crippen molar-refractivity contribution in [1.82, 2.24) is 4.98 Å². The summed E-state index contributed by atoms with van der Waals surface area (Å²) in [5.74, 6) is -0.299. The fourth-order valence-corrected chi connectivity index (χ4v) is 6.61. The zero-order valence-electron chi connectivity index (χ0n) is 16.8. The average Bonchev–Trinajstić information content (AvgIpc) is 3.48. The number of esters is 1. The highest BCUT2D eigenvalue weighted by atomic mass is 32.2. The van der Waals surface area contributed by atoms with Crippen molar-refractivity contribution < 1.29 is 26.7 Å². The minimum atomic E-state index is -4.45. The van der Waals surface area contributed by atoms with Gasteiger partial charge in [0.1, 0.15) is 9.25 Å². The van der Waals surface area contributed by atoms with Crippen LogP contribution >= 0.6 is 23.1 Å². The lowest BCUT2D eigenvalue weighted by Gasteiger charge is -2.23. The molecule has 0 saturated carbocycles. The lowest BCUT2D eigenvalue weighted by Crippen LogP contribution is -2.35. The molecule has 0 fully saturated rings. The van der Waals surface area contributed by atoms with Crippen LogP contribution in [-0.2, 0) is 19.6 Å². The minimum absolute atomic E-state index is 0.125. The number of para-hydroxylation sites is 1. The lowest BCUT2D eigenvalue weighted by atomic mass is 10.2. The zero-order valence-corrected chi connectivity index (χ0v) is 19.3. The van der Waals surface area contributed by atoms with Crippen LogP contribution in [0.3, 0.4) is 0 Å². The molecule has 1 aliphatic rings. The first kappa shape index (κ1) is 22.7. The van der Waals surface area contributed by atoms with Gasteiger partial charge in [0.15, 0.2) is 5.44 Å². The van der Waals surface area contributed by atoms with E-state index in [1.807, 2.05) is 6.92 Å². The predicted octanol–water partition coefficient (Wildman–Crippen LogP) is 4.81. The van der Waals surface area contributed by atoms with Crippen LogP contribution in [0.4, 0.5) is 14.5 Å². The van der Waals surface area contributed by atoms with Gasteiger partial charge in [0, 0.05) is 11.8 Å². The number of alkyl halides is 2. The van der Waals surface area contributed by atoms with E-state index in [2.05, 4.69) is 9.98 Å². The van der Waals surface area contributed by atoms with E-state index in [4.69, 9.17) is 4.74 Å². The van der Waals surface area contributed by atoms with Crippen LogP contribution in [0, 0.1) is 0 Å². The summed E-state index contributed by atoms with van der Waals surface area (Å²) >= 11 is 2.13. The fraction of sp³-hybridized carbons (Fsp3) is 0.300. The second-order valence-electron chi connectivity index (χ2n) is 6.87. The highest BCUT2D eigenvalue weighted by Crippen LogP contribution is 2.36. The number of thioether (sulfide) groups is 1. The van der Waals surface area contributed by atoms with Crippen LogP contribution in [0.5, 0.6) is 0 Å². The molecule has 170 valence electrons. The Morgan fingerprint density at radius 2 is 2.16 bits per heavy atom. The van der Waals surface area contributed by atoms with Crippen molar-refractivity contribution in [2.24, 2.45) is 4.99 Å². The quantitative estimate of drug-likeness (QED) is 0.355. The first-order valence-electron chi connectivity index (χ1n) is 9.70. The van der Waals surface area contributed by atoms with Crippen molar-refractivity contribution >= 4 is 60.7 Å². The molecule has 0 aliphatic carbocycles. The molecule has 0 radical (unpaired) electrons. The molecule has 3 heterocycles. The molecule has 12 heteroatoms. The summed E-state index contributed by atoms with van der Waals surface area (Å²) in [6.45, 7) is -1.11. The first-order valence-corrected chi connectivity index (χ1v) is 12.9. The van der Waals surface area contributed by atoms with Crippen LogP contribution in [0.2, 0.25) is 0 Å². The largest absolute Gasteiger partial charge is 0.449 e. The molecule has 1 aromatic carbocycles. The number of hydrogen-bond donors (Lipinski definition) is 1. The molecule has 32 heavy (non-hydrogen) atoms. The molecule has 0 bridgehead atoms. The number of nitrogens with zero attached hydrogens (tertiary/aromatic N) is 2. The Morgan fingerprint density at radius 3 is 2.84 bits per heavy atom. The molecule has 1 aliphatic heterocycles. The van der Waals surface area contributed by atoms with Gasteiger partial charge in [0.25, 0.3) is 10.0 Å². The standard InChI is InChI=1S/C20H19F2N3O4S3/c1-2-5-15(26)29-16-11-23-19(31-16)13-10-12-6-3-7-14(18(12)24-13)25(20(21)22)32(27,28)17-8-4-9-30-17/h3-4,6-10,16,20,24H,2,5,11H2,1H3. The third kappa shape index (κ3) is 4.39. The minimum Gasteiger partial charge on any atom is -0.449 e. The van der Waals surface area contributed by atoms with Crippen LogP contribution in [0.25, 0.3) is 10.9 Å². The maximum absolute atomic E-state index is 14.0. The van der Waals surface area contributed by atoms with Gasteiger partial charge in [-0.25, -0.2) is 12.7 Å². The van der Waals surface area contributed by atoms with E-state index in [0.717, 1.165) is 11.3 Å².